The van der Waals surface area contributed by atoms with Crippen LogP contribution in [0.2, 0.25) is 0 Å². The number of aliphatic hydroxyl groups is 1. The van der Waals surface area contributed by atoms with Gasteiger partial charge in [-0.25, -0.2) is 0 Å². The second-order valence-electron chi connectivity index (χ2n) is 4.52. The summed E-state index contributed by atoms with van der Waals surface area (Å²) in [5.41, 5.74) is 0.718. The van der Waals surface area contributed by atoms with Crippen LogP contribution >= 0.6 is 0 Å². The van der Waals surface area contributed by atoms with Crippen molar-refractivity contribution in [3.05, 3.63) is 24.3 Å². The largest absolute Gasteiger partial charge is 0.491 e. The summed E-state index contributed by atoms with van der Waals surface area (Å²) in [5.74, 6) is 0.619. The molecule has 0 aliphatic carbocycles. The van der Waals surface area contributed by atoms with Crippen molar-refractivity contribution in [3.63, 3.8) is 0 Å². The van der Waals surface area contributed by atoms with Gasteiger partial charge in [-0.1, -0.05) is 31.4 Å². The molecule has 0 heterocycles. The highest BCUT2D eigenvalue weighted by Gasteiger charge is 2.03. The van der Waals surface area contributed by atoms with Crippen LogP contribution in [0.25, 0.3) is 0 Å². The van der Waals surface area contributed by atoms with Crippen LogP contribution in [0.5, 0.6) is 5.75 Å². The van der Waals surface area contributed by atoms with E-state index in [1.807, 2.05) is 24.3 Å². The second kappa shape index (κ2) is 9.39. The minimum Gasteiger partial charge on any atom is -0.491 e. The van der Waals surface area contributed by atoms with Crippen molar-refractivity contribution >= 4 is 11.6 Å². The van der Waals surface area contributed by atoms with Crippen molar-refractivity contribution < 1.29 is 14.6 Å². The van der Waals surface area contributed by atoms with E-state index < -0.39 is 0 Å². The Balaban J connectivity index is 2.26. The molecule has 0 spiro atoms. The van der Waals surface area contributed by atoms with Crippen LogP contribution in [-0.4, -0.2) is 24.2 Å². The highest BCUT2D eigenvalue weighted by Crippen LogP contribution is 2.23. The molecule has 1 aromatic rings. The fourth-order valence-corrected chi connectivity index (χ4v) is 1.81. The SMILES string of the molecule is CC(=O)Nc1ccccc1OCCCCCCCO. The van der Waals surface area contributed by atoms with E-state index in [1.165, 1.54) is 6.92 Å². The highest BCUT2D eigenvalue weighted by atomic mass is 16.5. The fourth-order valence-electron chi connectivity index (χ4n) is 1.81. The molecule has 0 saturated carbocycles. The molecule has 0 saturated heterocycles. The second-order valence-corrected chi connectivity index (χ2v) is 4.52. The van der Waals surface area contributed by atoms with Gasteiger partial charge in [-0.3, -0.25) is 4.79 Å². The highest BCUT2D eigenvalue weighted by molar-refractivity contribution is 5.90. The number of aliphatic hydroxyl groups excluding tert-OH is 1. The van der Waals surface area contributed by atoms with Gasteiger partial charge < -0.3 is 15.2 Å². The molecule has 0 bridgehead atoms. The molecule has 19 heavy (non-hydrogen) atoms. The Morgan fingerprint density at radius 2 is 1.84 bits per heavy atom. The van der Waals surface area contributed by atoms with Crippen LogP contribution in [0.4, 0.5) is 5.69 Å². The normalized spacial score (nSPS) is 10.2. The van der Waals surface area contributed by atoms with E-state index >= 15 is 0 Å². The molecule has 0 aromatic heterocycles. The van der Waals surface area contributed by atoms with E-state index in [0.717, 1.165) is 37.8 Å². The van der Waals surface area contributed by atoms with Gasteiger partial charge in [-0.2, -0.15) is 0 Å². The molecule has 0 fully saturated rings. The molecule has 2 N–H and O–H groups in total. The minimum atomic E-state index is -0.0972. The first-order chi connectivity index (χ1) is 9.24. The molecular weight excluding hydrogens is 242 g/mol. The van der Waals surface area contributed by atoms with E-state index in [2.05, 4.69) is 5.32 Å². The van der Waals surface area contributed by atoms with Gasteiger partial charge in [0.1, 0.15) is 5.75 Å². The summed E-state index contributed by atoms with van der Waals surface area (Å²) in [5, 5.41) is 11.4. The number of nitrogens with one attached hydrogen (secondary N) is 1. The predicted molar refractivity (Wildman–Crippen MR) is 76.4 cm³/mol. The number of ether oxygens (including phenoxy) is 1. The molecule has 0 atom stereocenters. The molecule has 0 unspecified atom stereocenters. The quantitative estimate of drug-likeness (QED) is 0.675. The zero-order chi connectivity index (χ0) is 13.9. The van der Waals surface area contributed by atoms with Crippen LogP contribution in [0.3, 0.4) is 0 Å². The maximum atomic E-state index is 11.1. The van der Waals surface area contributed by atoms with Crippen LogP contribution in [0, 0.1) is 0 Å². The lowest BCUT2D eigenvalue weighted by atomic mass is 10.1. The fraction of sp³-hybridized carbons (Fsp3) is 0.533. The summed E-state index contributed by atoms with van der Waals surface area (Å²) in [6, 6.07) is 7.45. The Bertz CT molecular complexity index is 379. The lowest BCUT2D eigenvalue weighted by molar-refractivity contribution is -0.114. The lowest BCUT2D eigenvalue weighted by Gasteiger charge is -2.11. The van der Waals surface area contributed by atoms with Gasteiger partial charge in [0.05, 0.1) is 12.3 Å². The minimum absolute atomic E-state index is 0.0972. The topological polar surface area (TPSA) is 58.6 Å². The number of unbranched alkanes of at least 4 members (excludes halogenated alkanes) is 4. The number of carbonyl (C=O) groups excluding carboxylic acids is 1. The molecule has 1 amide bonds. The molecular formula is C15H23NO3. The standard InChI is InChI=1S/C15H23NO3/c1-13(18)16-14-9-5-6-10-15(14)19-12-8-4-2-3-7-11-17/h5-6,9-10,17H,2-4,7-8,11-12H2,1H3,(H,16,18). The molecule has 1 rings (SSSR count). The Morgan fingerprint density at radius 3 is 2.58 bits per heavy atom. The van der Waals surface area contributed by atoms with E-state index in [0.29, 0.717) is 12.4 Å². The van der Waals surface area contributed by atoms with Gasteiger partial charge in [0.15, 0.2) is 0 Å². The van der Waals surface area contributed by atoms with Crippen LogP contribution in [0.1, 0.15) is 39.0 Å². The first-order valence-electron chi connectivity index (χ1n) is 6.84. The molecule has 1 aromatic carbocycles. The number of para-hydroxylation sites is 2. The number of benzene rings is 1. The van der Waals surface area contributed by atoms with E-state index in [9.17, 15) is 4.79 Å². The Hall–Kier alpha value is -1.55. The summed E-state index contributed by atoms with van der Waals surface area (Å²) in [4.78, 5) is 11.1. The summed E-state index contributed by atoms with van der Waals surface area (Å²) in [6.07, 6.45) is 5.16. The number of hydrogen-bond donors (Lipinski definition) is 2. The van der Waals surface area contributed by atoms with E-state index in [4.69, 9.17) is 9.84 Å². The van der Waals surface area contributed by atoms with Crippen molar-refractivity contribution in [1.29, 1.82) is 0 Å². The van der Waals surface area contributed by atoms with Gasteiger partial charge in [0.25, 0.3) is 0 Å². The van der Waals surface area contributed by atoms with Crippen LogP contribution < -0.4 is 10.1 Å². The number of carbonyl (C=O) groups is 1. The Labute approximate surface area is 114 Å². The monoisotopic (exact) mass is 265 g/mol. The average molecular weight is 265 g/mol. The van der Waals surface area contributed by atoms with E-state index in [-0.39, 0.29) is 12.5 Å². The zero-order valence-electron chi connectivity index (χ0n) is 11.5. The first-order valence-corrected chi connectivity index (χ1v) is 6.84. The van der Waals surface area contributed by atoms with Crippen LogP contribution in [-0.2, 0) is 4.79 Å². The first kappa shape index (κ1) is 15.5. The van der Waals surface area contributed by atoms with Gasteiger partial charge in [0.2, 0.25) is 5.91 Å². The third-order valence-electron chi connectivity index (χ3n) is 2.76. The summed E-state index contributed by atoms with van der Waals surface area (Å²) >= 11 is 0. The smallest absolute Gasteiger partial charge is 0.221 e. The maximum Gasteiger partial charge on any atom is 0.221 e. The van der Waals surface area contributed by atoms with Crippen molar-refractivity contribution in [1.82, 2.24) is 0 Å². The molecule has 0 aliphatic rings. The predicted octanol–water partition coefficient (Wildman–Crippen LogP) is 2.97. The Kier molecular flexibility index (Phi) is 7.66. The van der Waals surface area contributed by atoms with Crippen molar-refractivity contribution in [2.24, 2.45) is 0 Å². The average Bonchev–Trinajstić information content (AvgIpc) is 2.39. The molecule has 0 radical (unpaired) electrons. The lowest BCUT2D eigenvalue weighted by Crippen LogP contribution is -2.08. The summed E-state index contributed by atoms with van der Waals surface area (Å²) in [7, 11) is 0. The number of amides is 1. The van der Waals surface area contributed by atoms with Gasteiger partial charge in [-0.05, 0) is 25.0 Å². The van der Waals surface area contributed by atoms with Crippen LogP contribution in [0.15, 0.2) is 24.3 Å². The maximum absolute atomic E-state index is 11.1. The molecule has 4 heteroatoms. The molecule has 106 valence electrons. The number of hydrogen-bond acceptors (Lipinski definition) is 3. The summed E-state index contributed by atoms with van der Waals surface area (Å²) in [6.45, 7) is 2.41. The van der Waals surface area contributed by atoms with Gasteiger partial charge >= 0.3 is 0 Å². The van der Waals surface area contributed by atoms with Gasteiger partial charge in [-0.15, -0.1) is 0 Å². The van der Waals surface area contributed by atoms with Crippen molar-refractivity contribution in [2.75, 3.05) is 18.5 Å². The molecule has 4 nitrogen and oxygen atoms in total. The van der Waals surface area contributed by atoms with Crippen molar-refractivity contribution in [2.45, 2.75) is 39.0 Å². The van der Waals surface area contributed by atoms with Gasteiger partial charge in [0, 0.05) is 13.5 Å². The number of rotatable bonds is 9. The zero-order valence-corrected chi connectivity index (χ0v) is 11.5. The number of anilines is 1. The molecule has 0 aliphatic heterocycles. The van der Waals surface area contributed by atoms with Crippen molar-refractivity contribution in [3.8, 4) is 5.75 Å². The van der Waals surface area contributed by atoms with E-state index in [1.54, 1.807) is 0 Å². The Morgan fingerprint density at radius 1 is 1.16 bits per heavy atom. The third-order valence-corrected chi connectivity index (χ3v) is 2.76. The summed E-state index contributed by atoms with van der Waals surface area (Å²) < 4.78 is 5.68. The third kappa shape index (κ3) is 6.82.